The number of aryl methyl sites for hydroxylation is 1. The summed E-state index contributed by atoms with van der Waals surface area (Å²) in [6.45, 7) is 6.68. The first kappa shape index (κ1) is 14.7. The van der Waals surface area contributed by atoms with Gasteiger partial charge in [-0.05, 0) is 19.1 Å². The van der Waals surface area contributed by atoms with E-state index in [1.807, 2.05) is 37.4 Å². The highest BCUT2D eigenvalue weighted by molar-refractivity contribution is 5.30. The minimum absolute atomic E-state index is 0.671. The molecule has 6 nitrogen and oxygen atoms in total. The van der Waals surface area contributed by atoms with Crippen LogP contribution in [0.25, 0.3) is 0 Å². The van der Waals surface area contributed by atoms with Crippen LogP contribution in [0.4, 0.5) is 5.95 Å². The van der Waals surface area contributed by atoms with Gasteiger partial charge < -0.3 is 9.64 Å². The summed E-state index contributed by atoms with van der Waals surface area (Å²) in [6.07, 6.45) is 1.82. The number of anilines is 1. The number of aromatic nitrogens is 3. The van der Waals surface area contributed by atoms with Crippen molar-refractivity contribution in [1.29, 1.82) is 0 Å². The van der Waals surface area contributed by atoms with Gasteiger partial charge in [-0.3, -0.25) is 4.90 Å². The van der Waals surface area contributed by atoms with Gasteiger partial charge in [0.2, 0.25) is 11.8 Å². The van der Waals surface area contributed by atoms with E-state index >= 15 is 0 Å². The predicted molar refractivity (Wildman–Crippen MR) is 85.0 cm³/mol. The average Bonchev–Trinajstić information content (AvgIpc) is 2.56. The third-order valence-electron chi connectivity index (χ3n) is 3.81. The van der Waals surface area contributed by atoms with E-state index in [0.29, 0.717) is 5.88 Å². The van der Waals surface area contributed by atoms with Crippen molar-refractivity contribution in [3.63, 3.8) is 0 Å². The fourth-order valence-corrected chi connectivity index (χ4v) is 2.58. The molecule has 0 radical (unpaired) electrons. The van der Waals surface area contributed by atoms with Gasteiger partial charge in [0.15, 0.2) is 0 Å². The summed E-state index contributed by atoms with van der Waals surface area (Å²) >= 11 is 0. The molecule has 6 heteroatoms. The van der Waals surface area contributed by atoms with Crippen molar-refractivity contribution in [3.8, 4) is 5.88 Å². The molecule has 0 saturated carbocycles. The summed E-state index contributed by atoms with van der Waals surface area (Å²) in [5.41, 5.74) is 2.05. The fourth-order valence-electron chi connectivity index (χ4n) is 2.58. The van der Waals surface area contributed by atoms with Crippen LogP contribution < -0.4 is 9.64 Å². The Morgan fingerprint density at radius 3 is 2.64 bits per heavy atom. The van der Waals surface area contributed by atoms with Crippen LogP contribution in [0.1, 0.15) is 11.4 Å². The summed E-state index contributed by atoms with van der Waals surface area (Å²) in [5, 5.41) is 0. The number of hydrogen-bond donors (Lipinski definition) is 0. The van der Waals surface area contributed by atoms with Crippen molar-refractivity contribution in [3.05, 3.63) is 41.9 Å². The lowest BCUT2D eigenvalue weighted by Gasteiger charge is -2.34. The third-order valence-corrected chi connectivity index (χ3v) is 3.81. The summed E-state index contributed by atoms with van der Waals surface area (Å²) < 4.78 is 5.18. The lowest BCUT2D eigenvalue weighted by molar-refractivity contribution is 0.245. The largest absolute Gasteiger partial charge is 0.481 e. The summed E-state index contributed by atoms with van der Waals surface area (Å²) in [7, 11) is 1.65. The molecule has 3 rings (SSSR count). The molecule has 22 heavy (non-hydrogen) atoms. The monoisotopic (exact) mass is 299 g/mol. The molecule has 1 aliphatic rings. The maximum absolute atomic E-state index is 5.18. The van der Waals surface area contributed by atoms with Crippen LogP contribution in [0.2, 0.25) is 0 Å². The minimum atomic E-state index is 0.671. The van der Waals surface area contributed by atoms with Crippen molar-refractivity contribution in [2.75, 3.05) is 38.2 Å². The van der Waals surface area contributed by atoms with Crippen molar-refractivity contribution < 1.29 is 4.74 Å². The van der Waals surface area contributed by atoms with Gasteiger partial charge in [-0.1, -0.05) is 6.07 Å². The second-order valence-electron chi connectivity index (χ2n) is 5.43. The van der Waals surface area contributed by atoms with Crippen LogP contribution in [0, 0.1) is 6.92 Å². The molecule has 3 heterocycles. The zero-order chi connectivity index (χ0) is 15.4. The number of ether oxygens (including phenoxy) is 1. The van der Waals surface area contributed by atoms with E-state index in [4.69, 9.17) is 4.74 Å². The Kier molecular flexibility index (Phi) is 4.48. The molecular formula is C16H21N5O. The quantitative estimate of drug-likeness (QED) is 0.853. The molecule has 0 aromatic carbocycles. The maximum Gasteiger partial charge on any atom is 0.225 e. The average molecular weight is 299 g/mol. The highest BCUT2D eigenvalue weighted by Crippen LogP contribution is 2.14. The van der Waals surface area contributed by atoms with Gasteiger partial charge in [-0.2, -0.15) is 0 Å². The van der Waals surface area contributed by atoms with Crippen molar-refractivity contribution >= 4 is 5.95 Å². The standard InChI is InChI=1S/C16H21N5O/c1-13-6-7-17-16(18-13)21-10-8-20(9-11-21)12-14-4-3-5-15(19-14)22-2/h3-7H,8-12H2,1-2H3. The zero-order valence-corrected chi connectivity index (χ0v) is 13.1. The second-order valence-corrected chi connectivity index (χ2v) is 5.43. The molecule has 0 bridgehead atoms. The smallest absolute Gasteiger partial charge is 0.225 e. The Hall–Kier alpha value is -2.21. The maximum atomic E-state index is 5.18. The lowest BCUT2D eigenvalue weighted by Crippen LogP contribution is -2.46. The second kappa shape index (κ2) is 6.70. The molecule has 0 amide bonds. The minimum Gasteiger partial charge on any atom is -0.481 e. The van der Waals surface area contributed by atoms with E-state index in [1.54, 1.807) is 7.11 Å². The number of hydrogen-bond acceptors (Lipinski definition) is 6. The number of piperazine rings is 1. The summed E-state index contributed by atoms with van der Waals surface area (Å²) in [6, 6.07) is 7.82. The molecule has 0 unspecified atom stereocenters. The van der Waals surface area contributed by atoms with Gasteiger partial charge in [0.05, 0.1) is 12.8 Å². The molecule has 1 aliphatic heterocycles. The first-order chi connectivity index (χ1) is 10.7. The van der Waals surface area contributed by atoms with Crippen LogP contribution in [-0.4, -0.2) is 53.1 Å². The number of pyridine rings is 1. The van der Waals surface area contributed by atoms with Crippen LogP contribution in [0.3, 0.4) is 0 Å². The number of rotatable bonds is 4. The van der Waals surface area contributed by atoms with E-state index in [0.717, 1.165) is 50.1 Å². The van der Waals surface area contributed by atoms with Crippen LogP contribution in [0.15, 0.2) is 30.5 Å². The third kappa shape index (κ3) is 3.51. The first-order valence-corrected chi connectivity index (χ1v) is 7.51. The van der Waals surface area contributed by atoms with Crippen LogP contribution in [0.5, 0.6) is 5.88 Å². The van der Waals surface area contributed by atoms with Gasteiger partial charge in [0.1, 0.15) is 0 Å². The summed E-state index contributed by atoms with van der Waals surface area (Å²) in [4.78, 5) is 18.0. The Morgan fingerprint density at radius 2 is 1.91 bits per heavy atom. The highest BCUT2D eigenvalue weighted by Gasteiger charge is 2.19. The topological polar surface area (TPSA) is 54.4 Å². The van der Waals surface area contributed by atoms with Crippen molar-refractivity contribution in [1.82, 2.24) is 19.9 Å². The Balaban J connectivity index is 1.57. The molecule has 2 aromatic heterocycles. The van der Waals surface area contributed by atoms with E-state index < -0.39 is 0 Å². The molecular weight excluding hydrogens is 278 g/mol. The summed E-state index contributed by atoms with van der Waals surface area (Å²) in [5.74, 6) is 1.50. The fraction of sp³-hybridized carbons (Fsp3) is 0.438. The van der Waals surface area contributed by atoms with Gasteiger partial charge >= 0.3 is 0 Å². The normalized spacial score (nSPS) is 15.8. The van der Waals surface area contributed by atoms with Crippen LogP contribution in [-0.2, 0) is 6.54 Å². The van der Waals surface area contributed by atoms with Gasteiger partial charge in [0, 0.05) is 50.7 Å². The lowest BCUT2D eigenvalue weighted by atomic mass is 10.2. The molecule has 1 fully saturated rings. The van der Waals surface area contributed by atoms with Crippen LogP contribution >= 0.6 is 0 Å². The molecule has 0 N–H and O–H groups in total. The van der Waals surface area contributed by atoms with E-state index in [1.165, 1.54) is 0 Å². The van der Waals surface area contributed by atoms with E-state index in [-0.39, 0.29) is 0 Å². The molecule has 116 valence electrons. The van der Waals surface area contributed by atoms with Gasteiger partial charge in [-0.15, -0.1) is 0 Å². The molecule has 0 aliphatic carbocycles. The molecule has 1 saturated heterocycles. The molecule has 0 spiro atoms. The highest BCUT2D eigenvalue weighted by atomic mass is 16.5. The number of nitrogens with zero attached hydrogens (tertiary/aromatic N) is 5. The predicted octanol–water partition coefficient (Wildman–Crippen LogP) is 1.51. The number of methoxy groups -OCH3 is 1. The Morgan fingerprint density at radius 1 is 1.09 bits per heavy atom. The zero-order valence-electron chi connectivity index (χ0n) is 13.1. The van der Waals surface area contributed by atoms with Gasteiger partial charge in [-0.25, -0.2) is 15.0 Å². The van der Waals surface area contributed by atoms with Crippen molar-refractivity contribution in [2.24, 2.45) is 0 Å². The Bertz CT molecular complexity index is 625. The van der Waals surface area contributed by atoms with Gasteiger partial charge in [0.25, 0.3) is 0 Å². The van der Waals surface area contributed by atoms with Crippen molar-refractivity contribution in [2.45, 2.75) is 13.5 Å². The first-order valence-electron chi connectivity index (χ1n) is 7.51. The van der Waals surface area contributed by atoms with E-state index in [9.17, 15) is 0 Å². The molecule has 2 aromatic rings. The Labute approximate surface area is 130 Å². The molecule has 0 atom stereocenters. The SMILES string of the molecule is COc1cccc(CN2CCN(c3nccc(C)n3)CC2)n1. The van der Waals surface area contributed by atoms with E-state index in [2.05, 4.69) is 24.8 Å².